The lowest BCUT2D eigenvalue weighted by Gasteiger charge is -2.15. The van der Waals surface area contributed by atoms with Crippen LogP contribution in [0, 0.1) is 6.92 Å². The molecule has 1 aromatic heterocycles. The third-order valence-electron chi connectivity index (χ3n) is 3.78. The number of nitrogens with two attached hydrogens (primary N) is 1. The van der Waals surface area contributed by atoms with E-state index in [0.29, 0.717) is 15.8 Å². The van der Waals surface area contributed by atoms with E-state index in [4.69, 9.17) is 34.5 Å². The Hall–Kier alpha value is -1.65. The summed E-state index contributed by atoms with van der Waals surface area (Å²) < 4.78 is 0. The van der Waals surface area contributed by atoms with Crippen LogP contribution < -0.4 is 11.1 Å². The van der Waals surface area contributed by atoms with Gasteiger partial charge in [0.25, 0.3) is 0 Å². The molecule has 108 valence electrons. The van der Waals surface area contributed by atoms with Gasteiger partial charge in [0.2, 0.25) is 0 Å². The van der Waals surface area contributed by atoms with Gasteiger partial charge in [-0.25, -0.2) is 4.98 Å². The maximum Gasteiger partial charge on any atom is 0.140 e. The van der Waals surface area contributed by atoms with E-state index in [9.17, 15) is 0 Å². The quantitative estimate of drug-likeness (QED) is 0.843. The van der Waals surface area contributed by atoms with Crippen LogP contribution >= 0.6 is 23.8 Å². The molecule has 0 radical (unpaired) electrons. The predicted octanol–water partition coefficient (Wildman–Crippen LogP) is 3.91. The minimum atomic E-state index is 0.351. The molecule has 0 spiro atoms. The van der Waals surface area contributed by atoms with Crippen LogP contribution in [-0.4, -0.2) is 9.97 Å². The van der Waals surface area contributed by atoms with Gasteiger partial charge in [-0.05, 0) is 49.4 Å². The molecule has 0 unspecified atom stereocenters. The van der Waals surface area contributed by atoms with Gasteiger partial charge in [-0.3, -0.25) is 0 Å². The van der Waals surface area contributed by atoms with Gasteiger partial charge >= 0.3 is 0 Å². The normalized spacial score (nSPS) is 13.0. The van der Waals surface area contributed by atoms with Crippen LogP contribution in [0.1, 0.15) is 28.8 Å². The predicted molar refractivity (Wildman–Crippen MR) is 91.6 cm³/mol. The summed E-state index contributed by atoms with van der Waals surface area (Å²) in [6.45, 7) is 2.00. The Kier molecular flexibility index (Phi) is 3.83. The molecule has 0 fully saturated rings. The zero-order valence-electron chi connectivity index (χ0n) is 11.7. The van der Waals surface area contributed by atoms with Crippen LogP contribution in [0.3, 0.4) is 0 Å². The molecule has 0 bridgehead atoms. The monoisotopic (exact) mass is 317 g/mol. The van der Waals surface area contributed by atoms with Crippen molar-refractivity contribution in [1.29, 1.82) is 0 Å². The Morgan fingerprint density at radius 2 is 2.19 bits per heavy atom. The van der Waals surface area contributed by atoms with Gasteiger partial charge in [-0.1, -0.05) is 36.0 Å². The smallest absolute Gasteiger partial charge is 0.140 e. The Balaban J connectivity index is 2.08. The number of nitrogens with one attached hydrogen (secondary N) is 1. The number of aromatic nitrogens is 1. The van der Waals surface area contributed by atoms with Crippen molar-refractivity contribution in [2.75, 3.05) is 5.32 Å². The second-order valence-electron chi connectivity index (χ2n) is 5.26. The number of halogens is 1. The topological polar surface area (TPSA) is 50.9 Å². The molecule has 0 atom stereocenters. The fraction of sp³-hybridized carbons (Fsp3) is 0.250. The summed E-state index contributed by atoms with van der Waals surface area (Å²) >= 11 is 11.4. The zero-order valence-corrected chi connectivity index (χ0v) is 13.3. The zero-order chi connectivity index (χ0) is 15.0. The van der Waals surface area contributed by atoms with Crippen molar-refractivity contribution in [2.24, 2.45) is 5.73 Å². The number of hydrogen-bond acceptors (Lipinski definition) is 3. The van der Waals surface area contributed by atoms with E-state index in [-0.39, 0.29) is 0 Å². The second kappa shape index (κ2) is 5.62. The minimum Gasteiger partial charge on any atom is -0.389 e. The fourth-order valence-corrected chi connectivity index (χ4v) is 3.09. The largest absolute Gasteiger partial charge is 0.389 e. The number of aryl methyl sites for hydroxylation is 3. The minimum absolute atomic E-state index is 0.351. The first-order chi connectivity index (χ1) is 10.1. The Bertz CT molecular complexity index is 707. The number of para-hydroxylation sites is 1. The summed E-state index contributed by atoms with van der Waals surface area (Å²) in [6.07, 6.45) is 3.18. The molecule has 0 saturated heterocycles. The standard InChI is InChI=1S/C16H16ClN3S/c1-9-4-2-6-12(17)14(9)20-16-11(15(18)21)8-10-5-3-7-13(10)19-16/h2,4,6,8H,3,5,7H2,1H3,(H2,18,21)(H,19,20). The highest BCUT2D eigenvalue weighted by molar-refractivity contribution is 7.80. The number of thiocarbonyl (C=S) groups is 1. The van der Waals surface area contributed by atoms with Crippen LogP contribution in [0.25, 0.3) is 0 Å². The molecule has 0 amide bonds. The Morgan fingerprint density at radius 1 is 1.38 bits per heavy atom. The highest BCUT2D eigenvalue weighted by Crippen LogP contribution is 2.31. The van der Waals surface area contributed by atoms with Gasteiger partial charge in [0, 0.05) is 5.69 Å². The van der Waals surface area contributed by atoms with Crippen LogP contribution in [0.15, 0.2) is 24.3 Å². The maximum atomic E-state index is 6.27. The summed E-state index contributed by atoms with van der Waals surface area (Å²) in [7, 11) is 0. The molecule has 21 heavy (non-hydrogen) atoms. The maximum absolute atomic E-state index is 6.27. The molecular formula is C16H16ClN3S. The number of fused-ring (bicyclic) bond motifs is 1. The molecule has 1 heterocycles. The van der Waals surface area contributed by atoms with Crippen molar-refractivity contribution < 1.29 is 0 Å². The van der Waals surface area contributed by atoms with Crippen LogP contribution in [0.2, 0.25) is 5.02 Å². The molecule has 2 aromatic rings. The van der Waals surface area contributed by atoms with E-state index in [2.05, 4.69) is 11.4 Å². The molecule has 0 saturated carbocycles. The summed E-state index contributed by atoms with van der Waals surface area (Å²) in [5, 5.41) is 3.97. The molecule has 1 aliphatic carbocycles. The van der Waals surface area contributed by atoms with Gasteiger partial charge in [-0.15, -0.1) is 0 Å². The van der Waals surface area contributed by atoms with E-state index in [1.54, 1.807) is 0 Å². The van der Waals surface area contributed by atoms with Gasteiger partial charge in [0.05, 0.1) is 16.3 Å². The van der Waals surface area contributed by atoms with Gasteiger partial charge in [0.15, 0.2) is 0 Å². The Morgan fingerprint density at radius 3 is 2.90 bits per heavy atom. The van der Waals surface area contributed by atoms with Crippen molar-refractivity contribution in [2.45, 2.75) is 26.2 Å². The average Bonchev–Trinajstić information content (AvgIpc) is 2.89. The number of hydrogen-bond donors (Lipinski definition) is 2. The molecule has 1 aromatic carbocycles. The first kappa shape index (κ1) is 14.3. The molecule has 5 heteroatoms. The van der Waals surface area contributed by atoms with Crippen LogP contribution in [0.4, 0.5) is 11.5 Å². The van der Waals surface area contributed by atoms with Crippen molar-refractivity contribution in [3.8, 4) is 0 Å². The van der Waals surface area contributed by atoms with E-state index in [0.717, 1.165) is 41.8 Å². The van der Waals surface area contributed by atoms with E-state index < -0.39 is 0 Å². The number of benzene rings is 1. The molecule has 3 nitrogen and oxygen atoms in total. The van der Waals surface area contributed by atoms with E-state index in [1.165, 1.54) is 5.56 Å². The number of nitrogens with zero attached hydrogens (tertiary/aromatic N) is 1. The van der Waals surface area contributed by atoms with Crippen molar-refractivity contribution >= 4 is 40.3 Å². The number of pyridine rings is 1. The highest BCUT2D eigenvalue weighted by atomic mass is 35.5. The summed E-state index contributed by atoms with van der Waals surface area (Å²) in [5.41, 5.74) is 10.9. The third-order valence-corrected chi connectivity index (χ3v) is 4.32. The van der Waals surface area contributed by atoms with Crippen molar-refractivity contribution in [3.05, 3.63) is 51.7 Å². The molecule has 3 N–H and O–H groups in total. The van der Waals surface area contributed by atoms with Gasteiger partial charge in [-0.2, -0.15) is 0 Å². The highest BCUT2D eigenvalue weighted by Gasteiger charge is 2.18. The van der Waals surface area contributed by atoms with Gasteiger partial charge in [0.1, 0.15) is 10.8 Å². The molecule has 0 aliphatic heterocycles. The lowest BCUT2D eigenvalue weighted by Crippen LogP contribution is -2.14. The number of anilines is 2. The first-order valence-electron chi connectivity index (χ1n) is 6.91. The third kappa shape index (κ3) is 2.74. The van der Waals surface area contributed by atoms with E-state index in [1.807, 2.05) is 25.1 Å². The SMILES string of the molecule is Cc1cccc(Cl)c1Nc1nc2c(cc1C(N)=S)CCC2. The summed E-state index contributed by atoms with van der Waals surface area (Å²) in [5.74, 6) is 0.694. The lowest BCUT2D eigenvalue weighted by molar-refractivity contribution is 0.900. The van der Waals surface area contributed by atoms with Gasteiger partial charge < -0.3 is 11.1 Å². The van der Waals surface area contributed by atoms with Crippen molar-refractivity contribution in [3.63, 3.8) is 0 Å². The molecule has 1 aliphatic rings. The lowest BCUT2D eigenvalue weighted by atomic mass is 10.1. The number of rotatable bonds is 3. The second-order valence-corrected chi connectivity index (χ2v) is 6.11. The Labute approximate surface area is 134 Å². The first-order valence-corrected chi connectivity index (χ1v) is 7.69. The average molecular weight is 318 g/mol. The van der Waals surface area contributed by atoms with Crippen molar-refractivity contribution in [1.82, 2.24) is 4.98 Å². The summed E-state index contributed by atoms with van der Waals surface area (Å²) in [6, 6.07) is 7.84. The van der Waals surface area contributed by atoms with Crippen LogP contribution in [0.5, 0.6) is 0 Å². The fourth-order valence-electron chi connectivity index (χ4n) is 2.66. The summed E-state index contributed by atoms with van der Waals surface area (Å²) in [4.78, 5) is 5.07. The molecule has 3 rings (SSSR count). The van der Waals surface area contributed by atoms with Crippen LogP contribution in [-0.2, 0) is 12.8 Å². The van der Waals surface area contributed by atoms with E-state index >= 15 is 0 Å². The molecular weight excluding hydrogens is 302 g/mol.